The summed E-state index contributed by atoms with van der Waals surface area (Å²) < 4.78 is 0. The van der Waals surface area contributed by atoms with Gasteiger partial charge in [0.1, 0.15) is 0 Å². The molecule has 0 amide bonds. The van der Waals surface area contributed by atoms with Gasteiger partial charge in [-0.1, -0.05) is 36.7 Å². The topological polar surface area (TPSA) is 3.24 Å². The molecule has 0 aromatic heterocycles. The molecular formula is C14H20ClN. The SMILES string of the molecule is CCN1CC2CC2C1.Cc1ccccc1Cl. The zero-order valence-corrected chi connectivity index (χ0v) is 10.9. The Balaban J connectivity index is 0.000000120. The summed E-state index contributed by atoms with van der Waals surface area (Å²) in [5.41, 5.74) is 1.13. The molecule has 2 aliphatic rings. The molecule has 3 rings (SSSR count). The molecule has 16 heavy (non-hydrogen) atoms. The highest BCUT2D eigenvalue weighted by molar-refractivity contribution is 6.31. The van der Waals surface area contributed by atoms with Crippen molar-refractivity contribution < 1.29 is 0 Å². The van der Waals surface area contributed by atoms with E-state index >= 15 is 0 Å². The normalized spacial score (nSPS) is 26.9. The number of likely N-dealkylation sites (tertiary alicyclic amines) is 1. The first-order valence-corrected chi connectivity index (χ1v) is 6.52. The van der Waals surface area contributed by atoms with Crippen LogP contribution >= 0.6 is 11.6 Å². The van der Waals surface area contributed by atoms with Crippen LogP contribution < -0.4 is 0 Å². The summed E-state index contributed by atoms with van der Waals surface area (Å²) in [4.78, 5) is 2.55. The van der Waals surface area contributed by atoms with Gasteiger partial charge < -0.3 is 4.90 Å². The first-order valence-electron chi connectivity index (χ1n) is 6.14. The molecule has 2 atom stereocenters. The number of hydrogen-bond acceptors (Lipinski definition) is 1. The van der Waals surface area contributed by atoms with E-state index in [4.69, 9.17) is 11.6 Å². The molecular weight excluding hydrogens is 218 g/mol. The monoisotopic (exact) mass is 237 g/mol. The van der Waals surface area contributed by atoms with Crippen molar-refractivity contribution in [2.24, 2.45) is 11.8 Å². The molecule has 0 N–H and O–H groups in total. The summed E-state index contributed by atoms with van der Waals surface area (Å²) >= 11 is 5.71. The van der Waals surface area contributed by atoms with Crippen molar-refractivity contribution >= 4 is 11.6 Å². The van der Waals surface area contributed by atoms with Gasteiger partial charge in [-0.05, 0) is 43.4 Å². The molecule has 1 aromatic rings. The van der Waals surface area contributed by atoms with Gasteiger partial charge in [-0.2, -0.15) is 0 Å². The summed E-state index contributed by atoms with van der Waals surface area (Å²) in [6.07, 6.45) is 1.54. The maximum Gasteiger partial charge on any atom is 0.0435 e. The van der Waals surface area contributed by atoms with Crippen LogP contribution in [-0.2, 0) is 0 Å². The van der Waals surface area contributed by atoms with Gasteiger partial charge in [-0.3, -0.25) is 0 Å². The highest BCUT2D eigenvalue weighted by Crippen LogP contribution is 2.44. The van der Waals surface area contributed by atoms with Crippen molar-refractivity contribution in [1.29, 1.82) is 0 Å². The van der Waals surface area contributed by atoms with Gasteiger partial charge in [0.15, 0.2) is 0 Å². The molecule has 1 saturated heterocycles. The van der Waals surface area contributed by atoms with Gasteiger partial charge in [0.25, 0.3) is 0 Å². The van der Waals surface area contributed by atoms with Gasteiger partial charge in [0.05, 0.1) is 0 Å². The van der Waals surface area contributed by atoms with Gasteiger partial charge in [0, 0.05) is 18.1 Å². The van der Waals surface area contributed by atoms with Crippen molar-refractivity contribution in [3.05, 3.63) is 34.9 Å². The second kappa shape index (κ2) is 5.20. The predicted molar refractivity (Wildman–Crippen MR) is 69.9 cm³/mol. The van der Waals surface area contributed by atoms with Crippen molar-refractivity contribution in [1.82, 2.24) is 4.90 Å². The molecule has 1 nitrogen and oxygen atoms in total. The first kappa shape index (κ1) is 11.9. The van der Waals surface area contributed by atoms with Crippen LogP contribution in [0.1, 0.15) is 18.9 Å². The minimum atomic E-state index is 0.840. The standard InChI is InChI=1S/C7H7Cl.C7H13N/c1-6-4-2-3-5-7(6)8;1-2-8-4-6-3-7(6)5-8/h2-5H,1H3;6-7H,2-5H2,1H3. The molecule has 0 radical (unpaired) electrons. The van der Waals surface area contributed by atoms with Crippen molar-refractivity contribution in [2.45, 2.75) is 20.3 Å². The molecule has 1 saturated carbocycles. The minimum absolute atomic E-state index is 0.840. The largest absolute Gasteiger partial charge is 0.303 e. The first-order chi connectivity index (χ1) is 7.70. The van der Waals surface area contributed by atoms with Gasteiger partial charge >= 0.3 is 0 Å². The van der Waals surface area contributed by atoms with Crippen molar-refractivity contribution in [2.75, 3.05) is 19.6 Å². The molecule has 1 heterocycles. The fraction of sp³-hybridized carbons (Fsp3) is 0.571. The number of aryl methyl sites for hydroxylation is 1. The lowest BCUT2D eigenvalue weighted by Crippen LogP contribution is -2.21. The van der Waals surface area contributed by atoms with Crippen LogP contribution in [0.25, 0.3) is 0 Å². The van der Waals surface area contributed by atoms with Crippen LogP contribution in [0, 0.1) is 18.8 Å². The summed E-state index contributed by atoms with van der Waals surface area (Å²) in [5.74, 6) is 2.24. The molecule has 2 heteroatoms. The van der Waals surface area contributed by atoms with Crippen LogP contribution in [0.5, 0.6) is 0 Å². The third-order valence-electron chi connectivity index (χ3n) is 3.58. The zero-order valence-electron chi connectivity index (χ0n) is 10.1. The van der Waals surface area contributed by atoms with E-state index in [2.05, 4.69) is 11.8 Å². The lowest BCUT2D eigenvalue weighted by molar-refractivity contribution is 0.322. The Hall–Kier alpha value is -0.530. The van der Waals surface area contributed by atoms with Gasteiger partial charge in [-0.25, -0.2) is 0 Å². The van der Waals surface area contributed by atoms with Gasteiger partial charge in [-0.15, -0.1) is 0 Å². The number of halogens is 1. The van der Waals surface area contributed by atoms with Crippen molar-refractivity contribution in [3.8, 4) is 0 Å². The zero-order chi connectivity index (χ0) is 11.5. The smallest absolute Gasteiger partial charge is 0.0435 e. The summed E-state index contributed by atoms with van der Waals surface area (Å²) in [6, 6.07) is 7.77. The van der Waals surface area contributed by atoms with E-state index in [1.54, 1.807) is 0 Å². The maximum atomic E-state index is 5.71. The Kier molecular flexibility index (Phi) is 3.88. The molecule has 2 unspecified atom stereocenters. The van der Waals surface area contributed by atoms with Gasteiger partial charge in [0.2, 0.25) is 0 Å². The molecule has 1 aliphatic carbocycles. The number of hydrogen-bond donors (Lipinski definition) is 0. The average molecular weight is 238 g/mol. The molecule has 1 aromatic carbocycles. The van der Waals surface area contributed by atoms with E-state index in [9.17, 15) is 0 Å². The van der Waals surface area contributed by atoms with E-state index in [1.165, 1.54) is 26.1 Å². The van der Waals surface area contributed by atoms with Crippen LogP contribution in [0.4, 0.5) is 0 Å². The molecule has 0 spiro atoms. The summed E-state index contributed by atoms with van der Waals surface area (Å²) in [7, 11) is 0. The molecule has 88 valence electrons. The molecule has 2 fully saturated rings. The van der Waals surface area contributed by atoms with E-state index in [1.807, 2.05) is 31.2 Å². The summed E-state index contributed by atoms with van der Waals surface area (Å²) in [5, 5.41) is 0.840. The number of rotatable bonds is 1. The summed E-state index contributed by atoms with van der Waals surface area (Å²) in [6.45, 7) is 8.32. The highest BCUT2D eigenvalue weighted by atomic mass is 35.5. The fourth-order valence-electron chi connectivity index (χ4n) is 2.30. The Morgan fingerprint density at radius 3 is 2.25 bits per heavy atom. The van der Waals surface area contributed by atoms with E-state index < -0.39 is 0 Å². The Labute approximate surface area is 103 Å². The lowest BCUT2D eigenvalue weighted by Gasteiger charge is -2.12. The third kappa shape index (κ3) is 2.99. The second-order valence-electron chi connectivity index (χ2n) is 4.86. The minimum Gasteiger partial charge on any atom is -0.303 e. The van der Waals surface area contributed by atoms with E-state index in [-0.39, 0.29) is 0 Å². The number of fused-ring (bicyclic) bond motifs is 1. The molecule has 1 aliphatic heterocycles. The Morgan fingerprint density at radius 2 is 1.88 bits per heavy atom. The fourth-order valence-corrected chi connectivity index (χ4v) is 2.44. The molecule has 0 bridgehead atoms. The van der Waals surface area contributed by atoms with E-state index in [0.29, 0.717) is 0 Å². The van der Waals surface area contributed by atoms with Crippen LogP contribution in [0.3, 0.4) is 0 Å². The van der Waals surface area contributed by atoms with E-state index in [0.717, 1.165) is 22.4 Å². The predicted octanol–water partition coefficient (Wildman–Crippen LogP) is 3.61. The van der Waals surface area contributed by atoms with Crippen molar-refractivity contribution in [3.63, 3.8) is 0 Å². The third-order valence-corrected chi connectivity index (χ3v) is 4.00. The number of piperidine rings is 1. The number of benzene rings is 1. The van der Waals surface area contributed by atoms with Crippen LogP contribution in [0.2, 0.25) is 5.02 Å². The highest BCUT2D eigenvalue weighted by Gasteiger charge is 2.44. The second-order valence-corrected chi connectivity index (χ2v) is 5.26. The van der Waals surface area contributed by atoms with Crippen LogP contribution in [0.15, 0.2) is 24.3 Å². The lowest BCUT2D eigenvalue weighted by atomic mass is 10.2. The quantitative estimate of drug-likeness (QED) is 0.722. The number of nitrogens with zero attached hydrogens (tertiary/aromatic N) is 1. The maximum absolute atomic E-state index is 5.71. The Bertz CT molecular complexity index is 319. The average Bonchev–Trinajstić information content (AvgIpc) is 2.91. The Morgan fingerprint density at radius 1 is 1.25 bits per heavy atom. The van der Waals surface area contributed by atoms with Crippen LogP contribution in [-0.4, -0.2) is 24.5 Å².